The Morgan fingerprint density at radius 1 is 1.41 bits per heavy atom. The van der Waals surface area contributed by atoms with Gasteiger partial charge in [-0.1, -0.05) is 0 Å². The SMILES string of the molecule is CC1(n2c(Cl)nnc2C2CC2)CCS(=O)(=O)C1. The first kappa shape index (κ1) is 11.5. The largest absolute Gasteiger partial charge is 0.295 e. The summed E-state index contributed by atoms with van der Waals surface area (Å²) in [7, 11) is -2.95. The topological polar surface area (TPSA) is 64.8 Å². The van der Waals surface area contributed by atoms with Crippen LogP contribution in [0.4, 0.5) is 0 Å². The number of aromatic nitrogens is 3. The Labute approximate surface area is 105 Å². The number of halogens is 1. The molecule has 0 bridgehead atoms. The molecule has 1 aliphatic carbocycles. The van der Waals surface area contributed by atoms with Gasteiger partial charge in [0.25, 0.3) is 0 Å². The lowest BCUT2D eigenvalue weighted by Crippen LogP contribution is -2.33. The summed E-state index contributed by atoms with van der Waals surface area (Å²) in [6.07, 6.45) is 2.78. The van der Waals surface area contributed by atoms with Crippen molar-refractivity contribution >= 4 is 21.4 Å². The molecule has 1 saturated heterocycles. The van der Waals surface area contributed by atoms with Crippen molar-refractivity contribution in [2.75, 3.05) is 11.5 Å². The Bertz CT molecular complexity index is 564. The number of rotatable bonds is 2. The molecule has 17 heavy (non-hydrogen) atoms. The fourth-order valence-electron chi connectivity index (χ4n) is 2.55. The van der Waals surface area contributed by atoms with E-state index in [4.69, 9.17) is 11.6 Å². The van der Waals surface area contributed by atoms with E-state index in [-0.39, 0.29) is 11.5 Å². The van der Waals surface area contributed by atoms with Crippen LogP contribution in [0.1, 0.15) is 37.9 Å². The van der Waals surface area contributed by atoms with E-state index in [9.17, 15) is 8.42 Å². The average Bonchev–Trinajstić information content (AvgIpc) is 2.93. The smallest absolute Gasteiger partial charge is 0.225 e. The maximum absolute atomic E-state index is 11.7. The Morgan fingerprint density at radius 3 is 2.65 bits per heavy atom. The van der Waals surface area contributed by atoms with E-state index in [0.29, 0.717) is 17.6 Å². The molecule has 0 spiro atoms. The van der Waals surface area contributed by atoms with Gasteiger partial charge in [0.1, 0.15) is 5.82 Å². The fraction of sp³-hybridized carbons (Fsp3) is 0.800. The lowest BCUT2D eigenvalue weighted by atomic mass is 10.0. The molecule has 7 heteroatoms. The van der Waals surface area contributed by atoms with E-state index >= 15 is 0 Å². The molecular weight excluding hydrogens is 262 g/mol. The summed E-state index contributed by atoms with van der Waals surface area (Å²) in [5, 5.41) is 8.31. The van der Waals surface area contributed by atoms with Crippen LogP contribution in [0.15, 0.2) is 0 Å². The maximum Gasteiger partial charge on any atom is 0.225 e. The zero-order valence-corrected chi connectivity index (χ0v) is 11.1. The first-order chi connectivity index (χ1) is 7.91. The lowest BCUT2D eigenvalue weighted by Gasteiger charge is -2.26. The van der Waals surface area contributed by atoms with Crippen molar-refractivity contribution in [3.63, 3.8) is 0 Å². The Kier molecular flexibility index (Phi) is 2.32. The van der Waals surface area contributed by atoms with Crippen LogP contribution in [0.3, 0.4) is 0 Å². The van der Waals surface area contributed by atoms with Crippen LogP contribution in [0.25, 0.3) is 0 Å². The Hall–Kier alpha value is -0.620. The molecule has 2 heterocycles. The number of hydrogen-bond donors (Lipinski definition) is 0. The summed E-state index contributed by atoms with van der Waals surface area (Å²) in [5.41, 5.74) is -0.475. The first-order valence-electron chi connectivity index (χ1n) is 5.73. The third kappa shape index (κ3) is 1.87. The summed E-state index contributed by atoms with van der Waals surface area (Å²) in [5.74, 6) is 1.63. The van der Waals surface area contributed by atoms with Crippen molar-refractivity contribution in [2.24, 2.45) is 0 Å². The van der Waals surface area contributed by atoms with Crippen molar-refractivity contribution in [3.05, 3.63) is 11.1 Å². The normalized spacial score (nSPS) is 31.9. The summed E-state index contributed by atoms with van der Waals surface area (Å²) in [6.45, 7) is 1.93. The lowest BCUT2D eigenvalue weighted by molar-refractivity contribution is 0.353. The van der Waals surface area contributed by atoms with Crippen LogP contribution in [-0.2, 0) is 15.4 Å². The predicted octanol–water partition coefficient (Wildman–Crippen LogP) is 1.34. The van der Waals surface area contributed by atoms with Gasteiger partial charge in [0, 0.05) is 5.92 Å². The molecule has 1 atom stereocenters. The molecule has 3 rings (SSSR count). The van der Waals surface area contributed by atoms with Crippen LogP contribution >= 0.6 is 11.6 Å². The maximum atomic E-state index is 11.7. The van der Waals surface area contributed by atoms with Crippen molar-refractivity contribution in [3.8, 4) is 0 Å². The molecule has 1 saturated carbocycles. The summed E-state index contributed by atoms with van der Waals surface area (Å²) in [6, 6.07) is 0. The van der Waals surface area contributed by atoms with E-state index in [1.54, 1.807) is 0 Å². The highest BCUT2D eigenvalue weighted by molar-refractivity contribution is 7.91. The van der Waals surface area contributed by atoms with Gasteiger partial charge in [-0.3, -0.25) is 4.57 Å². The molecule has 0 radical (unpaired) electrons. The molecule has 0 aromatic carbocycles. The molecule has 2 aliphatic rings. The minimum Gasteiger partial charge on any atom is -0.295 e. The number of sulfone groups is 1. The van der Waals surface area contributed by atoms with E-state index in [2.05, 4.69) is 10.2 Å². The van der Waals surface area contributed by atoms with Gasteiger partial charge in [-0.2, -0.15) is 0 Å². The molecule has 1 aliphatic heterocycles. The van der Waals surface area contributed by atoms with Gasteiger partial charge in [-0.15, -0.1) is 10.2 Å². The highest BCUT2D eigenvalue weighted by atomic mass is 35.5. The van der Waals surface area contributed by atoms with Gasteiger partial charge < -0.3 is 0 Å². The Morgan fingerprint density at radius 2 is 2.12 bits per heavy atom. The van der Waals surface area contributed by atoms with Crippen LogP contribution in [-0.4, -0.2) is 34.7 Å². The van der Waals surface area contributed by atoms with Gasteiger partial charge >= 0.3 is 0 Å². The van der Waals surface area contributed by atoms with Gasteiger partial charge in [-0.05, 0) is 37.8 Å². The fourth-order valence-corrected chi connectivity index (χ4v) is 5.00. The minimum atomic E-state index is -2.95. The highest BCUT2D eigenvalue weighted by Gasteiger charge is 2.44. The molecule has 1 unspecified atom stereocenters. The Balaban J connectivity index is 2.06. The quantitative estimate of drug-likeness (QED) is 0.817. The highest BCUT2D eigenvalue weighted by Crippen LogP contribution is 2.43. The van der Waals surface area contributed by atoms with E-state index in [0.717, 1.165) is 18.7 Å². The van der Waals surface area contributed by atoms with E-state index in [1.165, 1.54) is 0 Å². The molecule has 94 valence electrons. The summed E-state index contributed by atoms with van der Waals surface area (Å²) < 4.78 is 25.1. The minimum absolute atomic E-state index is 0.136. The molecular formula is C10H14ClN3O2S. The third-order valence-electron chi connectivity index (χ3n) is 3.61. The van der Waals surface area contributed by atoms with Crippen LogP contribution in [0.2, 0.25) is 5.28 Å². The van der Waals surface area contributed by atoms with Gasteiger partial charge in [0.2, 0.25) is 5.28 Å². The molecule has 0 N–H and O–H groups in total. The second-order valence-corrected chi connectivity index (χ2v) is 7.80. The molecule has 0 amide bonds. The molecule has 2 fully saturated rings. The zero-order chi connectivity index (χ0) is 12.3. The van der Waals surface area contributed by atoms with E-state index in [1.807, 2.05) is 11.5 Å². The second-order valence-electron chi connectivity index (χ2n) is 5.28. The van der Waals surface area contributed by atoms with Crippen molar-refractivity contribution < 1.29 is 8.42 Å². The van der Waals surface area contributed by atoms with Crippen LogP contribution in [0.5, 0.6) is 0 Å². The van der Waals surface area contributed by atoms with Crippen molar-refractivity contribution in [1.82, 2.24) is 14.8 Å². The first-order valence-corrected chi connectivity index (χ1v) is 7.93. The molecule has 1 aromatic rings. The third-order valence-corrected chi connectivity index (χ3v) is 5.75. The number of nitrogens with zero attached hydrogens (tertiary/aromatic N) is 3. The van der Waals surface area contributed by atoms with Gasteiger partial charge in [0.05, 0.1) is 17.0 Å². The van der Waals surface area contributed by atoms with Crippen molar-refractivity contribution in [1.29, 1.82) is 0 Å². The van der Waals surface area contributed by atoms with Crippen LogP contribution in [0, 0.1) is 0 Å². The summed E-state index contributed by atoms with van der Waals surface area (Å²) >= 11 is 6.07. The second kappa shape index (κ2) is 3.45. The van der Waals surface area contributed by atoms with Gasteiger partial charge in [-0.25, -0.2) is 8.42 Å². The standard InChI is InChI=1S/C10H14ClN3O2S/c1-10(4-5-17(15,16)6-10)14-8(7-2-3-7)12-13-9(14)11/h7H,2-6H2,1H3. The average molecular weight is 276 g/mol. The van der Waals surface area contributed by atoms with E-state index < -0.39 is 15.4 Å². The van der Waals surface area contributed by atoms with Crippen molar-refractivity contribution in [2.45, 2.75) is 37.6 Å². The summed E-state index contributed by atoms with van der Waals surface area (Å²) in [4.78, 5) is 0. The number of hydrogen-bond acceptors (Lipinski definition) is 4. The van der Waals surface area contributed by atoms with Gasteiger partial charge in [0.15, 0.2) is 9.84 Å². The monoisotopic (exact) mass is 275 g/mol. The zero-order valence-electron chi connectivity index (χ0n) is 9.56. The molecule has 5 nitrogen and oxygen atoms in total. The van der Waals surface area contributed by atoms with Crippen LogP contribution < -0.4 is 0 Å². The predicted molar refractivity (Wildman–Crippen MR) is 63.9 cm³/mol. The molecule has 1 aromatic heterocycles.